The molecule has 1 amide bonds. The Morgan fingerprint density at radius 3 is 2.46 bits per heavy atom. The van der Waals surface area contributed by atoms with Gasteiger partial charge in [-0.05, 0) is 61.1 Å². The molecule has 0 saturated carbocycles. The van der Waals surface area contributed by atoms with Gasteiger partial charge in [0.25, 0.3) is 11.7 Å². The molecule has 2 heterocycles. The van der Waals surface area contributed by atoms with Gasteiger partial charge in [-0.3, -0.25) is 9.59 Å². The first-order valence-electron chi connectivity index (χ1n) is 12.1. The zero-order chi connectivity index (χ0) is 25.3. The number of rotatable bonds is 6. The maximum Gasteiger partial charge on any atom is 0.295 e. The second kappa shape index (κ2) is 9.74. The molecule has 2 aliphatic rings. The van der Waals surface area contributed by atoms with E-state index in [1.807, 2.05) is 33.8 Å². The Morgan fingerprint density at radius 1 is 1.14 bits per heavy atom. The average Bonchev–Trinajstić information content (AvgIpc) is 3.41. The van der Waals surface area contributed by atoms with Crippen molar-refractivity contribution in [2.45, 2.75) is 58.1 Å². The van der Waals surface area contributed by atoms with Gasteiger partial charge in [-0.15, -0.1) is 0 Å². The summed E-state index contributed by atoms with van der Waals surface area (Å²) < 4.78 is 11.5. The van der Waals surface area contributed by atoms with Crippen LogP contribution in [0.2, 0.25) is 0 Å². The number of hydrogen-bond donors (Lipinski definition) is 2. The zero-order valence-corrected chi connectivity index (χ0v) is 20.7. The van der Waals surface area contributed by atoms with Crippen molar-refractivity contribution >= 4 is 17.4 Å². The predicted molar refractivity (Wildman–Crippen MR) is 132 cm³/mol. The van der Waals surface area contributed by atoms with Crippen LogP contribution in [0.4, 0.5) is 0 Å². The number of likely N-dealkylation sites (tertiary alicyclic amines) is 1. The van der Waals surface area contributed by atoms with Gasteiger partial charge in [0, 0.05) is 24.3 Å². The molecule has 2 fully saturated rings. The third-order valence-electron chi connectivity index (χ3n) is 6.53. The fourth-order valence-corrected chi connectivity index (χ4v) is 4.78. The second-order valence-corrected chi connectivity index (χ2v) is 10.1. The smallest absolute Gasteiger partial charge is 0.295 e. The number of aliphatic hydroxyl groups excluding tert-OH is 1. The highest BCUT2D eigenvalue weighted by atomic mass is 16.5. The minimum atomic E-state index is -0.788. The van der Waals surface area contributed by atoms with E-state index in [-0.39, 0.29) is 35.1 Å². The summed E-state index contributed by atoms with van der Waals surface area (Å²) in [6.07, 6.45) is 1.55. The largest absolute Gasteiger partial charge is 0.508 e. The van der Waals surface area contributed by atoms with Crippen molar-refractivity contribution in [2.75, 3.05) is 19.8 Å². The summed E-state index contributed by atoms with van der Waals surface area (Å²) in [5.41, 5.74) is 1.71. The lowest BCUT2D eigenvalue weighted by Gasteiger charge is -2.27. The number of aromatic hydroxyl groups is 1. The van der Waals surface area contributed by atoms with E-state index < -0.39 is 17.7 Å². The van der Waals surface area contributed by atoms with Gasteiger partial charge in [0.15, 0.2) is 0 Å². The molecule has 0 radical (unpaired) electrons. The fourth-order valence-electron chi connectivity index (χ4n) is 4.78. The van der Waals surface area contributed by atoms with Gasteiger partial charge in [0.2, 0.25) is 0 Å². The minimum Gasteiger partial charge on any atom is -0.508 e. The van der Waals surface area contributed by atoms with E-state index in [0.29, 0.717) is 30.1 Å². The van der Waals surface area contributed by atoms with Gasteiger partial charge >= 0.3 is 0 Å². The Hall–Kier alpha value is -3.32. The number of aliphatic hydroxyl groups is 1. The van der Waals surface area contributed by atoms with Crippen LogP contribution in [0.5, 0.6) is 11.5 Å². The van der Waals surface area contributed by atoms with Crippen LogP contribution in [0.25, 0.3) is 5.76 Å². The molecule has 2 atom stereocenters. The maximum absolute atomic E-state index is 13.3. The maximum atomic E-state index is 13.3. The number of carbonyl (C=O) groups is 2. The van der Waals surface area contributed by atoms with E-state index in [9.17, 15) is 19.8 Å². The molecule has 2 unspecified atom stereocenters. The minimum absolute atomic E-state index is 0.0303. The van der Waals surface area contributed by atoms with Gasteiger partial charge in [-0.1, -0.05) is 32.9 Å². The Kier molecular flexibility index (Phi) is 6.90. The number of nitrogens with zero attached hydrogens (tertiary/aromatic N) is 1. The third kappa shape index (κ3) is 4.91. The van der Waals surface area contributed by atoms with Crippen LogP contribution < -0.4 is 4.74 Å². The van der Waals surface area contributed by atoms with Crippen molar-refractivity contribution in [2.24, 2.45) is 0 Å². The van der Waals surface area contributed by atoms with E-state index >= 15 is 0 Å². The van der Waals surface area contributed by atoms with E-state index in [1.54, 1.807) is 24.3 Å². The highest BCUT2D eigenvalue weighted by Crippen LogP contribution is 2.41. The van der Waals surface area contributed by atoms with Crippen LogP contribution in [0, 0.1) is 0 Å². The topological polar surface area (TPSA) is 96.3 Å². The second-order valence-electron chi connectivity index (χ2n) is 10.1. The first kappa shape index (κ1) is 24.8. The SMILES string of the molecule is CCOc1ccc(/C(O)=C2/C(=O)C(=O)N(CC3CCCO3)C2c2ccc(O)cc2)cc1C(C)(C)C. The number of hydrogen-bond acceptors (Lipinski definition) is 6. The van der Waals surface area contributed by atoms with Gasteiger partial charge in [-0.2, -0.15) is 0 Å². The van der Waals surface area contributed by atoms with E-state index in [1.165, 1.54) is 17.0 Å². The van der Waals surface area contributed by atoms with Crippen LogP contribution in [-0.2, 0) is 19.7 Å². The molecule has 0 aromatic heterocycles. The molecule has 0 spiro atoms. The molecule has 7 nitrogen and oxygen atoms in total. The predicted octanol–water partition coefficient (Wildman–Crippen LogP) is 4.69. The van der Waals surface area contributed by atoms with Crippen molar-refractivity contribution in [3.8, 4) is 11.5 Å². The molecule has 0 bridgehead atoms. The summed E-state index contributed by atoms with van der Waals surface area (Å²) in [6.45, 7) is 9.43. The van der Waals surface area contributed by atoms with Gasteiger partial charge in [0.05, 0.1) is 24.3 Å². The van der Waals surface area contributed by atoms with E-state index in [2.05, 4.69) is 0 Å². The molecule has 4 rings (SSSR count). The Bertz CT molecular complexity index is 1140. The van der Waals surface area contributed by atoms with Crippen LogP contribution in [-0.4, -0.2) is 52.7 Å². The number of benzene rings is 2. The van der Waals surface area contributed by atoms with Crippen molar-refractivity contribution < 1.29 is 29.3 Å². The van der Waals surface area contributed by atoms with Crippen molar-refractivity contribution in [3.05, 3.63) is 64.7 Å². The lowest BCUT2D eigenvalue weighted by Crippen LogP contribution is -2.36. The highest BCUT2D eigenvalue weighted by Gasteiger charge is 2.47. The lowest BCUT2D eigenvalue weighted by atomic mass is 9.84. The molecule has 186 valence electrons. The fraction of sp³-hybridized carbons (Fsp3) is 0.429. The molecule has 0 aliphatic carbocycles. The third-order valence-corrected chi connectivity index (χ3v) is 6.53. The number of carbonyl (C=O) groups excluding carboxylic acids is 2. The molecule has 2 aromatic rings. The summed E-state index contributed by atoms with van der Waals surface area (Å²) in [6, 6.07) is 10.9. The average molecular weight is 480 g/mol. The van der Waals surface area contributed by atoms with Crippen molar-refractivity contribution in [3.63, 3.8) is 0 Å². The summed E-state index contributed by atoms with van der Waals surface area (Å²) in [5.74, 6) is -0.840. The number of phenols is 1. The molecule has 2 N–H and O–H groups in total. The molecule has 35 heavy (non-hydrogen) atoms. The van der Waals surface area contributed by atoms with Crippen LogP contribution >= 0.6 is 0 Å². The number of Topliss-reactive ketones (excluding diaryl/α,β-unsaturated/α-hetero) is 1. The standard InChI is InChI=1S/C28H33NO6/c1-5-34-22-13-10-18(15-21(22)28(2,3)4)25(31)23-24(17-8-11-19(30)12-9-17)29(27(33)26(23)32)16-20-7-6-14-35-20/h8-13,15,20,24,30-31H,5-7,14,16H2,1-4H3/b25-23-. The van der Waals surface area contributed by atoms with Crippen LogP contribution in [0.1, 0.15) is 63.3 Å². The van der Waals surface area contributed by atoms with E-state index in [4.69, 9.17) is 9.47 Å². The Labute approximate surface area is 206 Å². The summed E-state index contributed by atoms with van der Waals surface area (Å²) >= 11 is 0. The highest BCUT2D eigenvalue weighted by molar-refractivity contribution is 6.46. The number of amides is 1. The van der Waals surface area contributed by atoms with Gasteiger partial charge in [-0.25, -0.2) is 0 Å². The molecule has 2 aromatic carbocycles. The quantitative estimate of drug-likeness (QED) is 0.355. The molecule has 2 aliphatic heterocycles. The molecular weight excluding hydrogens is 446 g/mol. The zero-order valence-electron chi connectivity index (χ0n) is 20.7. The molecular formula is C28H33NO6. The first-order chi connectivity index (χ1) is 16.6. The van der Waals surface area contributed by atoms with Crippen LogP contribution in [0.15, 0.2) is 48.0 Å². The van der Waals surface area contributed by atoms with Gasteiger partial charge < -0.3 is 24.6 Å². The Morgan fingerprint density at radius 2 is 1.86 bits per heavy atom. The normalized spacial score (nSPS) is 22.1. The van der Waals surface area contributed by atoms with Crippen LogP contribution in [0.3, 0.4) is 0 Å². The van der Waals surface area contributed by atoms with Crippen molar-refractivity contribution in [1.29, 1.82) is 0 Å². The van der Waals surface area contributed by atoms with E-state index in [0.717, 1.165) is 18.4 Å². The summed E-state index contributed by atoms with van der Waals surface area (Å²) in [4.78, 5) is 27.9. The molecule has 2 saturated heterocycles. The summed E-state index contributed by atoms with van der Waals surface area (Å²) in [5, 5.41) is 21.2. The lowest BCUT2D eigenvalue weighted by molar-refractivity contribution is -0.140. The monoisotopic (exact) mass is 479 g/mol. The number of phenolic OH excluding ortho intramolecular Hbond substituents is 1. The molecule has 7 heteroatoms. The summed E-state index contributed by atoms with van der Waals surface area (Å²) in [7, 11) is 0. The Balaban J connectivity index is 1.84. The number of ketones is 1. The number of ether oxygens (including phenoxy) is 2. The van der Waals surface area contributed by atoms with Crippen molar-refractivity contribution in [1.82, 2.24) is 4.90 Å². The first-order valence-corrected chi connectivity index (χ1v) is 12.1. The van der Waals surface area contributed by atoms with Gasteiger partial charge in [0.1, 0.15) is 17.3 Å².